The fraction of sp³-hybridized carbons (Fsp3) is 0.320. The average Bonchev–Trinajstić information content (AvgIpc) is 2.75. The Labute approximate surface area is 171 Å². The van der Waals surface area contributed by atoms with Crippen LogP contribution in [0, 0.1) is 18.3 Å². The third-order valence-electron chi connectivity index (χ3n) is 5.90. The highest BCUT2D eigenvalue weighted by Gasteiger charge is 2.33. The van der Waals surface area contributed by atoms with Gasteiger partial charge in [-0.05, 0) is 42.5 Å². The number of pyridine rings is 1. The number of benzene rings is 2. The summed E-state index contributed by atoms with van der Waals surface area (Å²) in [7, 11) is 0. The van der Waals surface area contributed by atoms with Crippen molar-refractivity contribution in [1.82, 2.24) is 10.3 Å². The topological polar surface area (TPSA) is 65.8 Å². The van der Waals surface area contributed by atoms with Crippen molar-refractivity contribution >= 4 is 16.8 Å². The van der Waals surface area contributed by atoms with E-state index in [-0.39, 0.29) is 12.3 Å². The first-order valence-electron chi connectivity index (χ1n) is 10.3. The van der Waals surface area contributed by atoms with Gasteiger partial charge in [0.1, 0.15) is 5.54 Å². The third-order valence-corrected chi connectivity index (χ3v) is 5.90. The summed E-state index contributed by atoms with van der Waals surface area (Å²) in [6, 6.07) is 20.6. The van der Waals surface area contributed by atoms with Crippen molar-refractivity contribution in [2.75, 3.05) is 0 Å². The van der Waals surface area contributed by atoms with Crippen LogP contribution in [0.5, 0.6) is 0 Å². The van der Waals surface area contributed by atoms with E-state index < -0.39 is 5.54 Å². The lowest BCUT2D eigenvalue weighted by atomic mass is 9.82. The van der Waals surface area contributed by atoms with Crippen LogP contribution in [-0.4, -0.2) is 16.4 Å². The fourth-order valence-electron chi connectivity index (χ4n) is 4.42. The lowest BCUT2D eigenvalue weighted by Crippen LogP contribution is -2.49. The Morgan fingerprint density at radius 2 is 1.76 bits per heavy atom. The Hall–Kier alpha value is -3.19. The highest BCUT2D eigenvalue weighted by atomic mass is 16.1. The minimum Gasteiger partial charge on any atom is -0.338 e. The van der Waals surface area contributed by atoms with Crippen LogP contribution in [0.25, 0.3) is 22.0 Å². The van der Waals surface area contributed by atoms with Gasteiger partial charge >= 0.3 is 0 Å². The van der Waals surface area contributed by atoms with Crippen LogP contribution in [0.1, 0.15) is 43.4 Å². The molecule has 1 amide bonds. The molecule has 0 saturated heterocycles. The van der Waals surface area contributed by atoms with Gasteiger partial charge in [0.25, 0.3) is 0 Å². The lowest BCUT2D eigenvalue weighted by Gasteiger charge is -2.31. The number of para-hydroxylation sites is 1. The number of rotatable bonds is 4. The lowest BCUT2D eigenvalue weighted by molar-refractivity contribution is -0.122. The molecule has 0 radical (unpaired) electrons. The first-order chi connectivity index (χ1) is 14.1. The van der Waals surface area contributed by atoms with Crippen LogP contribution in [0.4, 0.5) is 0 Å². The molecule has 0 aliphatic heterocycles. The monoisotopic (exact) mass is 383 g/mol. The van der Waals surface area contributed by atoms with E-state index in [1.807, 2.05) is 43.3 Å². The fourth-order valence-corrected chi connectivity index (χ4v) is 4.42. The Morgan fingerprint density at radius 1 is 1.07 bits per heavy atom. The predicted molar refractivity (Wildman–Crippen MR) is 115 cm³/mol. The van der Waals surface area contributed by atoms with Gasteiger partial charge in [0, 0.05) is 11.1 Å². The normalized spacial score (nSPS) is 15.6. The quantitative estimate of drug-likeness (QED) is 0.682. The first-order valence-corrected chi connectivity index (χ1v) is 10.3. The summed E-state index contributed by atoms with van der Waals surface area (Å²) in [4.78, 5) is 17.8. The van der Waals surface area contributed by atoms with E-state index in [9.17, 15) is 10.1 Å². The van der Waals surface area contributed by atoms with Crippen molar-refractivity contribution in [2.24, 2.45) is 0 Å². The molecule has 1 N–H and O–H groups in total. The van der Waals surface area contributed by atoms with Crippen molar-refractivity contribution in [3.63, 3.8) is 0 Å². The largest absolute Gasteiger partial charge is 0.338 e. The number of nitrogens with one attached hydrogen (secondary N) is 1. The minimum absolute atomic E-state index is 0.106. The first kappa shape index (κ1) is 19.1. The Kier molecular flexibility index (Phi) is 5.31. The molecule has 3 aromatic rings. The van der Waals surface area contributed by atoms with E-state index in [4.69, 9.17) is 4.98 Å². The van der Waals surface area contributed by atoms with Crippen molar-refractivity contribution in [3.8, 4) is 17.2 Å². The second-order valence-corrected chi connectivity index (χ2v) is 7.91. The van der Waals surface area contributed by atoms with E-state index in [0.717, 1.165) is 65.4 Å². The molecule has 1 heterocycles. The van der Waals surface area contributed by atoms with Crippen molar-refractivity contribution < 1.29 is 4.79 Å². The number of aryl methyl sites for hydroxylation is 1. The molecule has 1 aromatic heterocycles. The molecule has 0 spiro atoms. The van der Waals surface area contributed by atoms with Gasteiger partial charge in [-0.1, -0.05) is 67.8 Å². The van der Waals surface area contributed by atoms with Gasteiger partial charge in [-0.15, -0.1) is 0 Å². The number of nitrogens with zero attached hydrogens (tertiary/aromatic N) is 2. The molecule has 146 valence electrons. The zero-order valence-electron chi connectivity index (χ0n) is 16.7. The molecule has 0 atom stereocenters. The van der Waals surface area contributed by atoms with Crippen molar-refractivity contribution in [2.45, 2.75) is 51.0 Å². The van der Waals surface area contributed by atoms with Gasteiger partial charge in [0.05, 0.1) is 18.0 Å². The van der Waals surface area contributed by atoms with Crippen LogP contribution >= 0.6 is 0 Å². The molecule has 1 saturated carbocycles. The summed E-state index contributed by atoms with van der Waals surface area (Å²) in [5.41, 5.74) is 4.11. The molecule has 4 heteroatoms. The number of nitriles is 1. The van der Waals surface area contributed by atoms with Crippen LogP contribution in [-0.2, 0) is 11.2 Å². The Morgan fingerprint density at radius 3 is 2.48 bits per heavy atom. The zero-order chi connectivity index (χ0) is 20.3. The maximum absolute atomic E-state index is 13.0. The molecule has 1 aliphatic carbocycles. The van der Waals surface area contributed by atoms with Crippen molar-refractivity contribution in [3.05, 3.63) is 65.9 Å². The standard InChI is InChI=1S/C25H25N3O/c1-18-21(16-23(29)28-25(17-26)14-8-3-9-15-25)24(19-10-4-2-5-11-19)20-12-6-7-13-22(20)27-18/h2,4-7,10-13H,3,8-9,14-16H2,1H3,(H,28,29). The van der Waals surface area contributed by atoms with E-state index in [1.165, 1.54) is 0 Å². The SMILES string of the molecule is Cc1nc2ccccc2c(-c2ccccc2)c1CC(=O)NC1(C#N)CCCCC1. The number of carbonyl (C=O) groups excluding carboxylic acids is 1. The smallest absolute Gasteiger partial charge is 0.225 e. The van der Waals surface area contributed by atoms with E-state index in [2.05, 4.69) is 29.6 Å². The average molecular weight is 383 g/mol. The predicted octanol–water partition coefficient (Wildman–Crippen LogP) is 5.10. The number of fused-ring (bicyclic) bond motifs is 1. The number of aromatic nitrogens is 1. The molecule has 2 aromatic carbocycles. The molecule has 0 bridgehead atoms. The van der Waals surface area contributed by atoms with Gasteiger partial charge in [-0.25, -0.2) is 0 Å². The summed E-state index contributed by atoms with van der Waals surface area (Å²) >= 11 is 0. The maximum Gasteiger partial charge on any atom is 0.225 e. The number of hydrogen-bond donors (Lipinski definition) is 1. The second kappa shape index (κ2) is 8.05. The summed E-state index contributed by atoms with van der Waals surface area (Å²) in [5, 5.41) is 13.8. The number of carbonyl (C=O) groups is 1. The van der Waals surface area contributed by atoms with Crippen LogP contribution in [0.2, 0.25) is 0 Å². The molecule has 29 heavy (non-hydrogen) atoms. The van der Waals surface area contributed by atoms with Gasteiger partial charge in [-0.3, -0.25) is 9.78 Å². The van der Waals surface area contributed by atoms with E-state index in [1.54, 1.807) is 0 Å². The van der Waals surface area contributed by atoms with Crippen LogP contribution in [0.3, 0.4) is 0 Å². The van der Waals surface area contributed by atoms with Crippen molar-refractivity contribution in [1.29, 1.82) is 5.26 Å². The summed E-state index contributed by atoms with van der Waals surface area (Å²) in [6.07, 6.45) is 4.78. The molecular weight excluding hydrogens is 358 g/mol. The summed E-state index contributed by atoms with van der Waals surface area (Å²) in [5.74, 6) is -0.106. The summed E-state index contributed by atoms with van der Waals surface area (Å²) < 4.78 is 0. The zero-order valence-corrected chi connectivity index (χ0v) is 16.7. The van der Waals surface area contributed by atoms with Gasteiger partial charge in [0.15, 0.2) is 0 Å². The van der Waals surface area contributed by atoms with Gasteiger partial charge in [0.2, 0.25) is 5.91 Å². The number of hydrogen-bond acceptors (Lipinski definition) is 3. The van der Waals surface area contributed by atoms with Crippen LogP contribution in [0.15, 0.2) is 54.6 Å². The molecule has 0 unspecified atom stereocenters. The second-order valence-electron chi connectivity index (χ2n) is 7.91. The van der Waals surface area contributed by atoms with Gasteiger partial charge < -0.3 is 5.32 Å². The number of amides is 1. The molecule has 4 rings (SSSR count). The Balaban J connectivity index is 1.74. The van der Waals surface area contributed by atoms with E-state index in [0.29, 0.717) is 0 Å². The van der Waals surface area contributed by atoms with Gasteiger partial charge in [-0.2, -0.15) is 5.26 Å². The Bertz CT molecular complexity index is 1080. The highest BCUT2D eigenvalue weighted by molar-refractivity contribution is 5.98. The third kappa shape index (κ3) is 3.86. The molecule has 4 nitrogen and oxygen atoms in total. The van der Waals surface area contributed by atoms with Crippen LogP contribution < -0.4 is 5.32 Å². The molecule has 1 aliphatic rings. The minimum atomic E-state index is -0.722. The summed E-state index contributed by atoms with van der Waals surface area (Å²) in [6.45, 7) is 1.96. The highest BCUT2D eigenvalue weighted by Crippen LogP contribution is 2.34. The molecule has 1 fully saturated rings. The molecular formula is C25H25N3O. The van der Waals surface area contributed by atoms with E-state index >= 15 is 0 Å². The maximum atomic E-state index is 13.0.